The number of carbonyl (C=O) groups excluding carboxylic acids is 1. The average molecular weight is 344 g/mol. The van der Waals surface area contributed by atoms with E-state index in [2.05, 4.69) is 19.2 Å². The molecule has 0 aliphatic heterocycles. The van der Waals surface area contributed by atoms with Crippen LogP contribution in [-0.4, -0.2) is 52.2 Å². The van der Waals surface area contributed by atoms with Gasteiger partial charge in [0.1, 0.15) is 11.3 Å². The molecule has 0 fully saturated rings. The molecule has 0 saturated carbocycles. The molecule has 0 aliphatic carbocycles. The number of nitrogens with two attached hydrogens (primary N) is 1. The summed E-state index contributed by atoms with van der Waals surface area (Å²) in [4.78, 5) is 23.0. The predicted molar refractivity (Wildman–Crippen MR) is 94.6 cm³/mol. The third kappa shape index (κ3) is 10.0. The molecule has 1 unspecified atom stereocenters. The van der Waals surface area contributed by atoms with Gasteiger partial charge in [0.05, 0.1) is 6.04 Å². The number of hydrogen-bond acceptors (Lipinski definition) is 6. The van der Waals surface area contributed by atoms with E-state index in [-0.39, 0.29) is 24.6 Å². The third-order valence-electron chi connectivity index (χ3n) is 4.15. The van der Waals surface area contributed by atoms with Crippen LogP contribution in [0.1, 0.15) is 59.3 Å². The highest BCUT2D eigenvalue weighted by atomic mass is 16.4. The smallest absolute Gasteiger partial charge is 0.451 e. The SMILES string of the molecule is CC(=O)[C@H](CC(C)C)NCCCC(N)(CCCCB(O)O)C(=O)O. The average Bonchev–Trinajstić information content (AvgIpc) is 2.45. The van der Waals surface area contributed by atoms with Crippen molar-refractivity contribution in [3.63, 3.8) is 0 Å². The van der Waals surface area contributed by atoms with Crippen LogP contribution in [0.4, 0.5) is 0 Å². The molecule has 0 rings (SSSR count). The van der Waals surface area contributed by atoms with Crippen molar-refractivity contribution in [2.24, 2.45) is 11.7 Å². The number of unbranched alkanes of at least 4 members (excludes halogenated alkanes) is 1. The van der Waals surface area contributed by atoms with Crippen LogP contribution in [0.15, 0.2) is 0 Å². The Morgan fingerprint density at radius 3 is 2.21 bits per heavy atom. The van der Waals surface area contributed by atoms with Crippen LogP contribution < -0.4 is 11.1 Å². The van der Waals surface area contributed by atoms with Crippen LogP contribution in [0.5, 0.6) is 0 Å². The van der Waals surface area contributed by atoms with E-state index in [1.807, 2.05) is 0 Å². The predicted octanol–water partition coefficient (Wildman–Crippen LogP) is 0.785. The van der Waals surface area contributed by atoms with Gasteiger partial charge in [0.25, 0.3) is 0 Å². The Balaban J connectivity index is 4.28. The zero-order valence-electron chi connectivity index (χ0n) is 15.1. The molecule has 0 amide bonds. The molecule has 140 valence electrons. The molecule has 0 aromatic rings. The first kappa shape index (κ1) is 23.0. The molecule has 0 heterocycles. The van der Waals surface area contributed by atoms with Gasteiger partial charge in [0, 0.05) is 0 Å². The van der Waals surface area contributed by atoms with Crippen LogP contribution >= 0.6 is 0 Å². The maximum atomic E-state index is 11.6. The number of carboxylic acids is 1. The number of aliphatic carboxylic acids is 1. The molecule has 0 aliphatic rings. The topological polar surface area (TPSA) is 133 Å². The Kier molecular flexibility index (Phi) is 11.1. The second kappa shape index (κ2) is 11.6. The van der Waals surface area contributed by atoms with Crippen molar-refractivity contribution < 1.29 is 24.7 Å². The molecule has 24 heavy (non-hydrogen) atoms. The Morgan fingerprint density at radius 2 is 1.75 bits per heavy atom. The van der Waals surface area contributed by atoms with Crippen molar-refractivity contribution in [1.29, 1.82) is 0 Å². The summed E-state index contributed by atoms with van der Waals surface area (Å²) in [5.74, 6) is -0.554. The molecule has 0 radical (unpaired) electrons. The van der Waals surface area contributed by atoms with Crippen molar-refractivity contribution in [2.75, 3.05) is 6.54 Å². The largest absolute Gasteiger partial charge is 0.480 e. The summed E-state index contributed by atoms with van der Waals surface area (Å²) in [6.07, 6.45) is 3.17. The van der Waals surface area contributed by atoms with E-state index in [9.17, 15) is 14.7 Å². The fourth-order valence-electron chi connectivity index (χ4n) is 2.65. The summed E-state index contributed by atoms with van der Waals surface area (Å²) in [7, 11) is -1.37. The second-order valence-electron chi connectivity index (χ2n) is 7.04. The number of ketones is 1. The molecule has 8 heteroatoms. The van der Waals surface area contributed by atoms with Crippen LogP contribution in [-0.2, 0) is 9.59 Å². The molecular formula is C16H33BN2O5. The van der Waals surface area contributed by atoms with Gasteiger partial charge in [-0.3, -0.25) is 9.59 Å². The van der Waals surface area contributed by atoms with Gasteiger partial charge < -0.3 is 26.2 Å². The zero-order chi connectivity index (χ0) is 18.8. The monoisotopic (exact) mass is 344 g/mol. The number of nitrogens with one attached hydrogen (secondary N) is 1. The lowest BCUT2D eigenvalue weighted by Crippen LogP contribution is -2.48. The van der Waals surface area contributed by atoms with Crippen LogP contribution in [0, 0.1) is 5.92 Å². The third-order valence-corrected chi connectivity index (χ3v) is 4.15. The maximum absolute atomic E-state index is 11.6. The molecule has 0 aromatic heterocycles. The number of carboxylic acid groups (broad SMARTS) is 1. The van der Waals surface area contributed by atoms with E-state index < -0.39 is 18.6 Å². The number of Topliss-reactive ketones (excluding diaryl/α,β-unsaturated/α-hetero) is 1. The molecule has 0 bridgehead atoms. The number of carbonyl (C=O) groups is 2. The normalized spacial score (nSPS) is 15.1. The van der Waals surface area contributed by atoms with Crippen molar-refractivity contribution in [3.8, 4) is 0 Å². The zero-order valence-corrected chi connectivity index (χ0v) is 15.1. The lowest BCUT2D eigenvalue weighted by Gasteiger charge is -2.25. The van der Waals surface area contributed by atoms with Crippen LogP contribution in [0.3, 0.4) is 0 Å². The molecule has 0 saturated heterocycles. The van der Waals surface area contributed by atoms with Gasteiger partial charge in [-0.05, 0) is 51.4 Å². The van der Waals surface area contributed by atoms with Crippen molar-refractivity contribution in [3.05, 3.63) is 0 Å². The first-order chi connectivity index (χ1) is 11.1. The van der Waals surface area contributed by atoms with Gasteiger partial charge in [-0.2, -0.15) is 0 Å². The summed E-state index contributed by atoms with van der Waals surface area (Å²) in [5.41, 5.74) is 4.68. The highest BCUT2D eigenvalue weighted by Gasteiger charge is 2.32. The molecular weight excluding hydrogens is 311 g/mol. The lowest BCUT2D eigenvalue weighted by atomic mass is 9.81. The second-order valence-corrected chi connectivity index (χ2v) is 7.04. The van der Waals surface area contributed by atoms with E-state index in [4.69, 9.17) is 15.8 Å². The highest BCUT2D eigenvalue weighted by Crippen LogP contribution is 2.19. The number of rotatable bonds is 14. The van der Waals surface area contributed by atoms with Crippen molar-refractivity contribution in [2.45, 2.75) is 77.2 Å². The van der Waals surface area contributed by atoms with Gasteiger partial charge in [0.15, 0.2) is 0 Å². The first-order valence-corrected chi connectivity index (χ1v) is 8.70. The van der Waals surface area contributed by atoms with E-state index in [1.54, 1.807) is 6.92 Å². The summed E-state index contributed by atoms with van der Waals surface area (Å²) in [6, 6.07) is -0.201. The standard InChI is InChI=1S/C16H33BN2O5/c1-12(2)11-14(13(3)20)19-10-6-8-16(18,15(21)22)7-4-5-9-17(23)24/h12,14,19,23-24H,4-11,18H2,1-3H3,(H,21,22)/t14-,16?/m0/s1. The van der Waals surface area contributed by atoms with Gasteiger partial charge in [-0.25, -0.2) is 0 Å². The molecule has 6 N–H and O–H groups in total. The summed E-state index contributed by atoms with van der Waals surface area (Å²) in [6.45, 7) is 6.20. The molecule has 7 nitrogen and oxygen atoms in total. The van der Waals surface area contributed by atoms with E-state index in [0.29, 0.717) is 38.1 Å². The first-order valence-electron chi connectivity index (χ1n) is 8.70. The minimum atomic E-state index is -1.37. The van der Waals surface area contributed by atoms with Crippen molar-refractivity contribution >= 4 is 18.9 Å². The van der Waals surface area contributed by atoms with Crippen LogP contribution in [0.2, 0.25) is 6.32 Å². The van der Waals surface area contributed by atoms with Gasteiger partial charge in [-0.1, -0.05) is 26.7 Å². The molecule has 2 atom stereocenters. The minimum Gasteiger partial charge on any atom is -0.480 e. The Morgan fingerprint density at radius 1 is 1.17 bits per heavy atom. The quantitative estimate of drug-likeness (QED) is 0.232. The number of hydrogen-bond donors (Lipinski definition) is 5. The van der Waals surface area contributed by atoms with Gasteiger partial charge in [-0.15, -0.1) is 0 Å². The van der Waals surface area contributed by atoms with Crippen LogP contribution in [0.25, 0.3) is 0 Å². The fourth-order valence-corrected chi connectivity index (χ4v) is 2.65. The van der Waals surface area contributed by atoms with Crippen molar-refractivity contribution in [1.82, 2.24) is 5.32 Å². The summed E-state index contributed by atoms with van der Waals surface area (Å²) >= 11 is 0. The highest BCUT2D eigenvalue weighted by molar-refractivity contribution is 6.40. The summed E-state index contributed by atoms with van der Waals surface area (Å²) in [5, 5.41) is 30.1. The Hall–Kier alpha value is -0.955. The Labute approximate surface area is 145 Å². The van der Waals surface area contributed by atoms with E-state index in [0.717, 1.165) is 6.42 Å². The summed E-state index contributed by atoms with van der Waals surface area (Å²) < 4.78 is 0. The fraction of sp³-hybridized carbons (Fsp3) is 0.875. The minimum absolute atomic E-state index is 0.0866. The Bertz CT molecular complexity index is 393. The molecule has 0 aromatic carbocycles. The van der Waals surface area contributed by atoms with E-state index in [1.165, 1.54) is 0 Å². The van der Waals surface area contributed by atoms with Gasteiger partial charge in [0.2, 0.25) is 0 Å². The van der Waals surface area contributed by atoms with Gasteiger partial charge >= 0.3 is 13.1 Å². The van der Waals surface area contributed by atoms with E-state index >= 15 is 0 Å². The molecule has 0 spiro atoms. The lowest BCUT2D eigenvalue weighted by molar-refractivity contribution is -0.144. The maximum Gasteiger partial charge on any atom is 0.451 e.